The van der Waals surface area contributed by atoms with E-state index in [1.54, 1.807) is 23.3 Å². The van der Waals surface area contributed by atoms with Gasteiger partial charge < -0.3 is 0 Å². The molecule has 0 aliphatic rings. The van der Waals surface area contributed by atoms with E-state index in [1.807, 2.05) is 18.3 Å². The fraction of sp³-hybridized carbons (Fsp3) is 0. The van der Waals surface area contributed by atoms with E-state index in [2.05, 4.69) is 20.1 Å². The summed E-state index contributed by atoms with van der Waals surface area (Å²) in [6.07, 6.45) is 8.54. The summed E-state index contributed by atoms with van der Waals surface area (Å²) in [6, 6.07) is 3.73. The van der Waals surface area contributed by atoms with Crippen LogP contribution in [0.4, 0.5) is 0 Å². The molecule has 0 saturated carbocycles. The van der Waals surface area contributed by atoms with Gasteiger partial charge in [-0.25, -0.2) is 19.6 Å². The van der Waals surface area contributed by atoms with Gasteiger partial charge in [-0.05, 0) is 12.1 Å². The normalized spacial score (nSPS) is 10.7. The van der Waals surface area contributed by atoms with Crippen LogP contribution in [0, 0.1) is 0 Å². The van der Waals surface area contributed by atoms with Crippen molar-refractivity contribution in [1.82, 2.24) is 24.7 Å². The summed E-state index contributed by atoms with van der Waals surface area (Å²) in [6.45, 7) is 0. The summed E-state index contributed by atoms with van der Waals surface area (Å²) in [5, 5.41) is 5.09. The van der Waals surface area contributed by atoms with Crippen LogP contribution >= 0.6 is 0 Å². The maximum Gasteiger partial charge on any atom is 0.180 e. The van der Waals surface area contributed by atoms with Crippen molar-refractivity contribution in [2.45, 2.75) is 0 Å². The molecule has 3 rings (SSSR count). The zero-order valence-corrected chi connectivity index (χ0v) is 7.78. The first-order chi connectivity index (χ1) is 7.45. The largest absolute Gasteiger partial charge is 0.244 e. The van der Waals surface area contributed by atoms with Crippen molar-refractivity contribution in [3.8, 4) is 5.82 Å². The monoisotopic (exact) mass is 197 g/mol. The molecule has 3 aromatic heterocycles. The third-order valence-electron chi connectivity index (χ3n) is 2.12. The fourth-order valence-electron chi connectivity index (χ4n) is 1.46. The van der Waals surface area contributed by atoms with Gasteiger partial charge in [0.1, 0.15) is 11.8 Å². The lowest BCUT2D eigenvalue weighted by molar-refractivity contribution is 0.852. The number of hydrogen-bond acceptors (Lipinski definition) is 4. The van der Waals surface area contributed by atoms with Gasteiger partial charge in [0.25, 0.3) is 0 Å². The molecule has 5 heteroatoms. The third kappa shape index (κ3) is 1.25. The molecule has 3 heterocycles. The standard InChI is InChI=1S/C10H7N5/c1-3-14-15(5-1)10-9-8(2-4-12-10)6-11-7-13-9/h1-7H. The quantitative estimate of drug-likeness (QED) is 0.588. The number of aromatic nitrogens is 5. The molecule has 0 radical (unpaired) electrons. The molecular formula is C10H7N5. The smallest absolute Gasteiger partial charge is 0.180 e. The van der Waals surface area contributed by atoms with Crippen molar-refractivity contribution >= 4 is 10.9 Å². The first-order valence-electron chi connectivity index (χ1n) is 4.50. The van der Waals surface area contributed by atoms with E-state index in [9.17, 15) is 0 Å². The minimum atomic E-state index is 0.722. The van der Waals surface area contributed by atoms with E-state index in [-0.39, 0.29) is 0 Å². The second-order valence-corrected chi connectivity index (χ2v) is 3.05. The lowest BCUT2D eigenvalue weighted by Gasteiger charge is -2.02. The van der Waals surface area contributed by atoms with Crippen LogP contribution in [0.3, 0.4) is 0 Å². The van der Waals surface area contributed by atoms with Crippen LogP contribution in [0.5, 0.6) is 0 Å². The average molecular weight is 197 g/mol. The van der Waals surface area contributed by atoms with Crippen LogP contribution in [-0.2, 0) is 0 Å². The van der Waals surface area contributed by atoms with Gasteiger partial charge in [0, 0.05) is 30.2 Å². The maximum atomic E-state index is 4.26. The minimum absolute atomic E-state index is 0.722. The lowest BCUT2D eigenvalue weighted by atomic mass is 10.3. The van der Waals surface area contributed by atoms with Gasteiger partial charge in [-0.2, -0.15) is 5.10 Å². The predicted octanol–water partition coefficient (Wildman–Crippen LogP) is 1.21. The maximum absolute atomic E-state index is 4.26. The Balaban J connectivity index is 2.36. The second-order valence-electron chi connectivity index (χ2n) is 3.05. The van der Waals surface area contributed by atoms with Crippen molar-refractivity contribution in [2.75, 3.05) is 0 Å². The highest BCUT2D eigenvalue weighted by Crippen LogP contribution is 2.14. The first-order valence-corrected chi connectivity index (χ1v) is 4.50. The van der Waals surface area contributed by atoms with Crippen LogP contribution in [0.1, 0.15) is 0 Å². The molecule has 15 heavy (non-hydrogen) atoms. The minimum Gasteiger partial charge on any atom is -0.244 e. The van der Waals surface area contributed by atoms with Crippen molar-refractivity contribution < 1.29 is 0 Å². The van der Waals surface area contributed by atoms with Crippen LogP contribution < -0.4 is 0 Å². The lowest BCUT2D eigenvalue weighted by Crippen LogP contribution is -1.99. The number of fused-ring (bicyclic) bond motifs is 1. The molecule has 0 aliphatic carbocycles. The van der Waals surface area contributed by atoms with E-state index >= 15 is 0 Å². The molecule has 0 saturated heterocycles. The van der Waals surface area contributed by atoms with E-state index in [0.29, 0.717) is 0 Å². The van der Waals surface area contributed by atoms with E-state index in [0.717, 1.165) is 16.7 Å². The molecule has 5 nitrogen and oxygen atoms in total. The molecule has 0 atom stereocenters. The first kappa shape index (κ1) is 8.05. The third-order valence-corrected chi connectivity index (χ3v) is 2.12. The van der Waals surface area contributed by atoms with Gasteiger partial charge >= 0.3 is 0 Å². The molecule has 0 bridgehead atoms. The molecular weight excluding hydrogens is 190 g/mol. The molecule has 0 fully saturated rings. The Bertz CT molecular complexity index is 582. The van der Waals surface area contributed by atoms with Gasteiger partial charge in [0.05, 0.1) is 0 Å². The molecule has 72 valence electrons. The Morgan fingerprint density at radius 1 is 1.13 bits per heavy atom. The number of hydrogen-bond donors (Lipinski definition) is 0. The highest BCUT2D eigenvalue weighted by molar-refractivity contribution is 5.83. The Labute approximate surface area is 85.4 Å². The van der Waals surface area contributed by atoms with Gasteiger partial charge in [-0.1, -0.05) is 0 Å². The van der Waals surface area contributed by atoms with Gasteiger partial charge in [-0.15, -0.1) is 0 Å². The predicted molar refractivity (Wildman–Crippen MR) is 54.5 cm³/mol. The van der Waals surface area contributed by atoms with Crippen LogP contribution in [0.2, 0.25) is 0 Å². The molecule has 0 N–H and O–H groups in total. The van der Waals surface area contributed by atoms with Gasteiger partial charge in [0.15, 0.2) is 5.82 Å². The van der Waals surface area contributed by atoms with Gasteiger partial charge in [-0.3, -0.25) is 0 Å². The van der Waals surface area contributed by atoms with Crippen molar-refractivity contribution in [3.05, 3.63) is 43.2 Å². The molecule has 0 aliphatic heterocycles. The van der Waals surface area contributed by atoms with Crippen LogP contribution in [0.15, 0.2) is 43.2 Å². The number of rotatable bonds is 1. The van der Waals surface area contributed by atoms with E-state index < -0.39 is 0 Å². The highest BCUT2D eigenvalue weighted by Gasteiger charge is 2.04. The Morgan fingerprint density at radius 3 is 3.00 bits per heavy atom. The Kier molecular flexibility index (Phi) is 1.68. The second kappa shape index (κ2) is 3.13. The molecule has 0 unspecified atom stereocenters. The molecule has 0 aromatic carbocycles. The zero-order chi connectivity index (χ0) is 10.1. The summed E-state index contributed by atoms with van der Waals surface area (Å²) in [4.78, 5) is 12.4. The number of pyridine rings is 1. The summed E-state index contributed by atoms with van der Waals surface area (Å²) >= 11 is 0. The van der Waals surface area contributed by atoms with Crippen molar-refractivity contribution in [1.29, 1.82) is 0 Å². The topological polar surface area (TPSA) is 56.5 Å². The van der Waals surface area contributed by atoms with Gasteiger partial charge in [0.2, 0.25) is 0 Å². The van der Waals surface area contributed by atoms with Crippen molar-refractivity contribution in [3.63, 3.8) is 0 Å². The van der Waals surface area contributed by atoms with Crippen molar-refractivity contribution in [2.24, 2.45) is 0 Å². The highest BCUT2D eigenvalue weighted by atomic mass is 15.3. The Morgan fingerprint density at radius 2 is 2.13 bits per heavy atom. The van der Waals surface area contributed by atoms with E-state index in [1.165, 1.54) is 6.33 Å². The average Bonchev–Trinajstić information content (AvgIpc) is 2.82. The summed E-state index contributed by atoms with van der Waals surface area (Å²) in [7, 11) is 0. The molecule has 0 amide bonds. The van der Waals surface area contributed by atoms with Crippen LogP contribution in [0.25, 0.3) is 16.7 Å². The number of nitrogens with zero attached hydrogens (tertiary/aromatic N) is 5. The zero-order valence-electron chi connectivity index (χ0n) is 7.78. The summed E-state index contributed by atoms with van der Waals surface area (Å²) in [5.41, 5.74) is 0.802. The summed E-state index contributed by atoms with van der Waals surface area (Å²) < 4.78 is 1.69. The molecule has 3 aromatic rings. The molecule has 0 spiro atoms. The SMILES string of the molecule is c1cnn(-c2nccc3cncnc23)c1. The fourth-order valence-corrected chi connectivity index (χ4v) is 1.46. The Hall–Kier alpha value is -2.30. The van der Waals surface area contributed by atoms with Crippen LogP contribution in [-0.4, -0.2) is 24.7 Å². The van der Waals surface area contributed by atoms with E-state index in [4.69, 9.17) is 0 Å². The summed E-state index contributed by atoms with van der Waals surface area (Å²) in [5.74, 6) is 0.722.